The van der Waals surface area contributed by atoms with Crippen molar-refractivity contribution >= 4 is 11.7 Å². The number of rotatable bonds is 6. The van der Waals surface area contributed by atoms with E-state index in [1.54, 1.807) is 26.0 Å². The Labute approximate surface area is 106 Å². The number of hydrogen-bond donors (Lipinski definition) is 1. The van der Waals surface area contributed by atoms with Crippen molar-refractivity contribution in [3.63, 3.8) is 0 Å². The Balaban J connectivity index is 3.00. The third kappa shape index (κ3) is 3.56. The maximum Gasteiger partial charge on any atom is 0.359 e. The lowest BCUT2D eigenvalue weighted by molar-refractivity contribution is -0.136. The topological polar surface area (TPSA) is 68.1 Å². The van der Waals surface area contributed by atoms with Gasteiger partial charge in [0.25, 0.3) is 0 Å². The van der Waals surface area contributed by atoms with Crippen molar-refractivity contribution in [3.8, 4) is 0 Å². The van der Waals surface area contributed by atoms with E-state index in [1.165, 1.54) is 0 Å². The third-order valence-electron chi connectivity index (χ3n) is 2.28. The molecule has 0 saturated heterocycles. The predicted octanol–water partition coefficient (Wildman–Crippen LogP) is 2.16. The molecule has 0 bridgehead atoms. The molecule has 0 aliphatic rings. The summed E-state index contributed by atoms with van der Waals surface area (Å²) in [6.07, 6.45) is -0.722. The summed E-state index contributed by atoms with van der Waals surface area (Å²) in [5.41, 5.74) is 0.588. The number of oxime groups is 1. The largest absolute Gasteiger partial charge is 0.461 e. The van der Waals surface area contributed by atoms with Gasteiger partial charge >= 0.3 is 5.97 Å². The molecule has 98 valence electrons. The highest BCUT2D eigenvalue weighted by molar-refractivity contribution is 6.38. The molecule has 5 nitrogen and oxygen atoms in total. The zero-order chi connectivity index (χ0) is 13.4. The standard InChI is InChI=1S/C13H17NO4/c1-3-17-12(10-8-6-5-7-9-10)11(14-16)13(15)18-4-2/h5-9,12,16H,3-4H2,1-2H3/b14-11-. The molecule has 0 aliphatic heterocycles. The van der Waals surface area contributed by atoms with Gasteiger partial charge in [-0.15, -0.1) is 0 Å². The molecule has 0 amide bonds. The first-order valence-electron chi connectivity index (χ1n) is 5.80. The number of hydrogen-bond acceptors (Lipinski definition) is 5. The van der Waals surface area contributed by atoms with Gasteiger partial charge in [0.15, 0.2) is 5.71 Å². The van der Waals surface area contributed by atoms with Crippen LogP contribution in [0, 0.1) is 0 Å². The SMILES string of the molecule is CCOC(=O)/C(=N\O)C(OCC)c1ccccc1. The average molecular weight is 251 g/mol. The smallest absolute Gasteiger partial charge is 0.359 e. The quantitative estimate of drug-likeness (QED) is 0.364. The number of esters is 1. The predicted molar refractivity (Wildman–Crippen MR) is 66.7 cm³/mol. The minimum Gasteiger partial charge on any atom is -0.461 e. The van der Waals surface area contributed by atoms with Crippen LogP contribution in [0.5, 0.6) is 0 Å². The monoisotopic (exact) mass is 251 g/mol. The van der Waals surface area contributed by atoms with Crippen LogP contribution in [0.3, 0.4) is 0 Å². The second-order valence-electron chi connectivity index (χ2n) is 3.45. The van der Waals surface area contributed by atoms with Crippen molar-refractivity contribution in [3.05, 3.63) is 35.9 Å². The van der Waals surface area contributed by atoms with Crippen LogP contribution in [0.15, 0.2) is 35.5 Å². The second-order valence-corrected chi connectivity index (χ2v) is 3.45. The highest BCUT2D eigenvalue weighted by Gasteiger charge is 2.27. The summed E-state index contributed by atoms with van der Waals surface area (Å²) in [7, 11) is 0. The normalized spacial score (nSPS) is 13.1. The summed E-state index contributed by atoms with van der Waals surface area (Å²) in [6.45, 7) is 4.09. The zero-order valence-corrected chi connectivity index (χ0v) is 10.5. The van der Waals surface area contributed by atoms with Gasteiger partial charge in [-0.25, -0.2) is 4.79 Å². The molecule has 0 heterocycles. The Kier molecular flexibility index (Phi) is 5.87. The molecule has 0 saturated carbocycles. The number of nitrogens with zero attached hydrogens (tertiary/aromatic N) is 1. The van der Waals surface area contributed by atoms with E-state index in [-0.39, 0.29) is 12.3 Å². The third-order valence-corrected chi connectivity index (χ3v) is 2.28. The van der Waals surface area contributed by atoms with Crippen LogP contribution < -0.4 is 0 Å². The lowest BCUT2D eigenvalue weighted by Gasteiger charge is -2.17. The summed E-state index contributed by atoms with van der Waals surface area (Å²) in [5, 5.41) is 12.0. The first-order chi connectivity index (χ1) is 8.74. The van der Waals surface area contributed by atoms with E-state index in [0.717, 1.165) is 5.56 Å². The molecular weight excluding hydrogens is 234 g/mol. The number of carbonyl (C=O) groups is 1. The Morgan fingerprint density at radius 1 is 1.28 bits per heavy atom. The lowest BCUT2D eigenvalue weighted by Crippen LogP contribution is -2.27. The first kappa shape index (κ1) is 14.2. The van der Waals surface area contributed by atoms with Crippen molar-refractivity contribution in [2.24, 2.45) is 5.16 Å². The molecule has 5 heteroatoms. The van der Waals surface area contributed by atoms with Crippen LogP contribution in [0.4, 0.5) is 0 Å². The van der Waals surface area contributed by atoms with Crippen LogP contribution in [-0.4, -0.2) is 30.1 Å². The van der Waals surface area contributed by atoms with Gasteiger partial charge in [-0.1, -0.05) is 35.5 Å². The van der Waals surface area contributed by atoms with E-state index in [0.29, 0.717) is 6.61 Å². The minimum atomic E-state index is -0.722. The van der Waals surface area contributed by atoms with E-state index in [4.69, 9.17) is 14.7 Å². The molecule has 0 fully saturated rings. The average Bonchev–Trinajstić information content (AvgIpc) is 2.40. The molecule has 18 heavy (non-hydrogen) atoms. The fourth-order valence-electron chi connectivity index (χ4n) is 1.53. The molecule has 1 rings (SSSR count). The first-order valence-corrected chi connectivity index (χ1v) is 5.80. The fraction of sp³-hybridized carbons (Fsp3) is 0.385. The summed E-state index contributed by atoms with van der Waals surface area (Å²) in [5.74, 6) is -0.678. The van der Waals surface area contributed by atoms with Crippen LogP contribution >= 0.6 is 0 Å². The van der Waals surface area contributed by atoms with Gasteiger partial charge in [0.2, 0.25) is 0 Å². The Bertz CT molecular complexity index is 403. The van der Waals surface area contributed by atoms with Crippen molar-refractivity contribution in [2.75, 3.05) is 13.2 Å². The van der Waals surface area contributed by atoms with Crippen LogP contribution in [0.2, 0.25) is 0 Å². The van der Waals surface area contributed by atoms with Crippen molar-refractivity contribution in [1.29, 1.82) is 0 Å². The van der Waals surface area contributed by atoms with E-state index in [2.05, 4.69) is 5.16 Å². The molecule has 0 spiro atoms. The van der Waals surface area contributed by atoms with Gasteiger partial charge in [0.1, 0.15) is 6.10 Å². The fourth-order valence-corrected chi connectivity index (χ4v) is 1.53. The zero-order valence-electron chi connectivity index (χ0n) is 10.5. The van der Waals surface area contributed by atoms with Gasteiger partial charge in [-0.05, 0) is 19.4 Å². The van der Waals surface area contributed by atoms with Crippen LogP contribution in [0.25, 0.3) is 0 Å². The highest BCUT2D eigenvalue weighted by Crippen LogP contribution is 2.19. The molecule has 0 radical (unpaired) electrons. The van der Waals surface area contributed by atoms with E-state index in [1.807, 2.05) is 18.2 Å². The molecule has 1 N–H and O–H groups in total. The molecule has 1 aromatic carbocycles. The van der Waals surface area contributed by atoms with Crippen molar-refractivity contribution < 1.29 is 19.5 Å². The molecule has 1 aromatic rings. The van der Waals surface area contributed by atoms with Gasteiger partial charge in [-0.2, -0.15) is 0 Å². The lowest BCUT2D eigenvalue weighted by atomic mass is 10.1. The minimum absolute atomic E-state index is 0.148. The maximum absolute atomic E-state index is 11.7. The number of ether oxygens (including phenoxy) is 2. The maximum atomic E-state index is 11.7. The second kappa shape index (κ2) is 7.45. The molecule has 0 aliphatic carbocycles. The van der Waals surface area contributed by atoms with Gasteiger partial charge < -0.3 is 14.7 Å². The van der Waals surface area contributed by atoms with Crippen molar-refractivity contribution in [2.45, 2.75) is 20.0 Å². The van der Waals surface area contributed by atoms with Gasteiger partial charge in [0.05, 0.1) is 6.61 Å². The summed E-state index contributed by atoms with van der Waals surface area (Å²) in [6, 6.07) is 9.09. The van der Waals surface area contributed by atoms with E-state index in [9.17, 15) is 4.79 Å². The highest BCUT2D eigenvalue weighted by atomic mass is 16.5. The van der Waals surface area contributed by atoms with Crippen molar-refractivity contribution in [1.82, 2.24) is 0 Å². The van der Waals surface area contributed by atoms with Crippen LogP contribution in [-0.2, 0) is 14.3 Å². The Morgan fingerprint density at radius 2 is 1.94 bits per heavy atom. The molecule has 1 atom stereocenters. The molecular formula is C13H17NO4. The number of benzene rings is 1. The molecule has 0 aromatic heterocycles. The summed E-state index contributed by atoms with van der Waals surface area (Å²) < 4.78 is 10.3. The van der Waals surface area contributed by atoms with Gasteiger partial charge in [0, 0.05) is 6.61 Å². The van der Waals surface area contributed by atoms with E-state index < -0.39 is 12.1 Å². The molecule has 1 unspecified atom stereocenters. The van der Waals surface area contributed by atoms with Crippen LogP contribution in [0.1, 0.15) is 25.5 Å². The summed E-state index contributed by atoms with van der Waals surface area (Å²) in [4.78, 5) is 11.7. The van der Waals surface area contributed by atoms with Gasteiger partial charge in [-0.3, -0.25) is 0 Å². The number of carbonyl (C=O) groups excluding carboxylic acids is 1. The Morgan fingerprint density at radius 3 is 2.44 bits per heavy atom. The summed E-state index contributed by atoms with van der Waals surface area (Å²) >= 11 is 0. The van der Waals surface area contributed by atoms with E-state index >= 15 is 0 Å². The Hall–Kier alpha value is -1.88.